The predicted octanol–water partition coefficient (Wildman–Crippen LogP) is 6.12. The minimum Gasteiger partial charge on any atom is -0.434 e. The van der Waals surface area contributed by atoms with Crippen molar-refractivity contribution < 1.29 is 43.2 Å². The first-order valence-electron chi connectivity index (χ1n) is 15.7. The van der Waals surface area contributed by atoms with Crippen molar-refractivity contribution in [2.45, 2.75) is 104 Å². The highest BCUT2D eigenvalue weighted by Gasteiger charge is 2.70. The molecule has 3 fully saturated rings. The molecule has 0 aromatic rings. The summed E-state index contributed by atoms with van der Waals surface area (Å²) in [4.78, 5) is 51.5. The Hall–Kier alpha value is -2.68. The van der Waals surface area contributed by atoms with Crippen LogP contribution in [0.1, 0.15) is 92.4 Å². The van der Waals surface area contributed by atoms with E-state index in [1.54, 1.807) is 12.2 Å². The van der Waals surface area contributed by atoms with Crippen LogP contribution in [0.25, 0.3) is 0 Å². The van der Waals surface area contributed by atoms with Crippen LogP contribution in [0.2, 0.25) is 0 Å². The van der Waals surface area contributed by atoms with Gasteiger partial charge in [0.2, 0.25) is 5.78 Å². The number of rotatable bonds is 11. The largest absolute Gasteiger partial charge is 0.509 e. The van der Waals surface area contributed by atoms with E-state index >= 15 is 0 Å². The van der Waals surface area contributed by atoms with E-state index in [9.17, 15) is 24.3 Å². The fraction of sp³-hybridized carbons (Fsp3) is 0.758. The SMILES string of the molecule is CCCCOC(=O)OCC(=O)[C@@]1(OC(=O)OCC(C)CCC)CC[C@H]2[C@@H]3CCC4=CC(=O)C=C[C@]4(C)[C@H]3C(O)C[C@@]21C. The lowest BCUT2D eigenvalue weighted by molar-refractivity contribution is -0.184. The number of aliphatic hydroxyl groups excluding tert-OH is 1. The van der Waals surface area contributed by atoms with E-state index in [4.69, 9.17) is 18.9 Å². The number of aliphatic hydroxyl groups is 1. The summed E-state index contributed by atoms with van der Waals surface area (Å²) in [6.07, 6.45) is 8.45. The first kappa shape index (κ1) is 32.2. The Labute approximate surface area is 249 Å². The quantitative estimate of drug-likeness (QED) is 0.225. The lowest BCUT2D eigenvalue weighted by Crippen LogP contribution is -2.63. The predicted molar refractivity (Wildman–Crippen MR) is 154 cm³/mol. The Morgan fingerprint density at radius 3 is 2.55 bits per heavy atom. The van der Waals surface area contributed by atoms with E-state index in [1.165, 1.54) is 0 Å². The second kappa shape index (κ2) is 12.9. The summed E-state index contributed by atoms with van der Waals surface area (Å²) in [7, 11) is 0. The molecule has 1 N–H and O–H groups in total. The van der Waals surface area contributed by atoms with Crippen molar-refractivity contribution in [1.82, 2.24) is 0 Å². The molecule has 0 aliphatic heterocycles. The van der Waals surface area contributed by atoms with Crippen molar-refractivity contribution in [3.8, 4) is 0 Å². The molecule has 4 aliphatic rings. The van der Waals surface area contributed by atoms with Crippen molar-refractivity contribution in [2.75, 3.05) is 19.8 Å². The summed E-state index contributed by atoms with van der Waals surface area (Å²) in [5.74, 6) is -0.567. The van der Waals surface area contributed by atoms with Gasteiger partial charge in [0.05, 0.1) is 19.3 Å². The first-order valence-corrected chi connectivity index (χ1v) is 15.7. The average molecular weight is 589 g/mol. The standard InChI is InChI=1S/C33H48O9/c1-6-8-16-39-29(37)41-20-27(36)33(42-30(38)40-19-21(3)9-7-2)15-13-25-24-11-10-22-17-23(34)12-14-31(22,4)28(24)26(35)18-32(25,33)5/h12,14,17,21,24-26,28,35H,6-11,13,15-16,18-20H2,1-5H3/t21?,24-,25-,26?,28+,31-,32-,33-/m0/s1. The second-order valence-corrected chi connectivity index (χ2v) is 13.3. The van der Waals surface area contributed by atoms with Gasteiger partial charge in [0.1, 0.15) is 0 Å². The molecule has 0 amide bonds. The molecule has 234 valence electrons. The number of unbranched alkanes of at least 4 members (excludes halogenated alkanes) is 1. The molecular weight excluding hydrogens is 540 g/mol. The highest BCUT2D eigenvalue weighted by atomic mass is 16.7. The molecule has 42 heavy (non-hydrogen) atoms. The van der Waals surface area contributed by atoms with Gasteiger partial charge in [-0.2, -0.15) is 0 Å². The summed E-state index contributed by atoms with van der Waals surface area (Å²) in [6, 6.07) is 0. The maximum absolute atomic E-state index is 14.0. The minimum atomic E-state index is -1.63. The zero-order valence-corrected chi connectivity index (χ0v) is 25.8. The Morgan fingerprint density at radius 2 is 1.83 bits per heavy atom. The van der Waals surface area contributed by atoms with Crippen LogP contribution in [-0.2, 0) is 28.5 Å². The lowest BCUT2D eigenvalue weighted by atomic mass is 9.46. The van der Waals surface area contributed by atoms with E-state index < -0.39 is 47.2 Å². The third-order valence-electron chi connectivity index (χ3n) is 10.6. The Balaban J connectivity index is 1.61. The van der Waals surface area contributed by atoms with Gasteiger partial charge in [-0.05, 0) is 74.9 Å². The van der Waals surface area contributed by atoms with Gasteiger partial charge in [-0.3, -0.25) is 9.59 Å². The van der Waals surface area contributed by atoms with Crippen molar-refractivity contribution in [1.29, 1.82) is 0 Å². The first-order chi connectivity index (χ1) is 19.9. The molecule has 9 heteroatoms. The number of carbonyl (C=O) groups is 4. The molecule has 0 aromatic carbocycles. The number of hydrogen-bond acceptors (Lipinski definition) is 9. The van der Waals surface area contributed by atoms with E-state index in [-0.39, 0.29) is 55.5 Å². The molecule has 0 saturated heterocycles. The number of Topliss-reactive ketones (excluding diaryl/α,β-unsaturated/α-hetero) is 1. The Bertz CT molecular complexity index is 1110. The molecule has 2 unspecified atom stereocenters. The van der Waals surface area contributed by atoms with Crippen LogP contribution in [0.3, 0.4) is 0 Å². The maximum atomic E-state index is 14.0. The molecule has 0 aromatic heterocycles. The average Bonchev–Trinajstić information content (AvgIpc) is 3.23. The van der Waals surface area contributed by atoms with Gasteiger partial charge in [0.25, 0.3) is 0 Å². The summed E-state index contributed by atoms with van der Waals surface area (Å²) in [6.45, 7) is 9.77. The lowest BCUT2D eigenvalue weighted by Gasteiger charge is -2.59. The summed E-state index contributed by atoms with van der Waals surface area (Å²) in [5, 5.41) is 11.8. The molecule has 0 heterocycles. The van der Waals surface area contributed by atoms with E-state index in [0.717, 1.165) is 37.7 Å². The monoisotopic (exact) mass is 588 g/mol. The number of ether oxygens (including phenoxy) is 4. The van der Waals surface area contributed by atoms with Crippen molar-refractivity contribution in [3.63, 3.8) is 0 Å². The van der Waals surface area contributed by atoms with Gasteiger partial charge >= 0.3 is 12.3 Å². The van der Waals surface area contributed by atoms with Gasteiger partial charge in [-0.1, -0.05) is 59.1 Å². The smallest absolute Gasteiger partial charge is 0.434 e. The molecule has 4 aliphatic carbocycles. The van der Waals surface area contributed by atoms with Crippen molar-refractivity contribution >= 4 is 23.9 Å². The van der Waals surface area contributed by atoms with E-state index in [2.05, 4.69) is 13.8 Å². The third-order valence-corrected chi connectivity index (χ3v) is 10.6. The second-order valence-electron chi connectivity index (χ2n) is 13.3. The van der Waals surface area contributed by atoms with Crippen LogP contribution >= 0.6 is 0 Å². The zero-order valence-electron chi connectivity index (χ0n) is 25.8. The number of carbonyl (C=O) groups excluding carboxylic acids is 4. The Morgan fingerprint density at radius 1 is 1.07 bits per heavy atom. The number of hydrogen-bond donors (Lipinski definition) is 1. The minimum absolute atomic E-state index is 0.0325. The Kier molecular flexibility index (Phi) is 9.90. The van der Waals surface area contributed by atoms with Crippen LogP contribution in [0.5, 0.6) is 0 Å². The molecular formula is C33H48O9. The fourth-order valence-corrected chi connectivity index (χ4v) is 8.54. The van der Waals surface area contributed by atoms with Crippen molar-refractivity contribution in [3.05, 3.63) is 23.8 Å². The zero-order chi connectivity index (χ0) is 30.7. The van der Waals surface area contributed by atoms with Gasteiger partial charge in [-0.15, -0.1) is 0 Å². The molecule has 0 radical (unpaired) electrons. The van der Waals surface area contributed by atoms with Crippen LogP contribution in [0.15, 0.2) is 23.8 Å². The van der Waals surface area contributed by atoms with E-state index in [1.807, 2.05) is 26.8 Å². The highest BCUT2D eigenvalue weighted by Crippen LogP contribution is 2.68. The normalized spacial score (nSPS) is 35.7. The summed E-state index contributed by atoms with van der Waals surface area (Å²) in [5.41, 5.74) is -1.98. The molecule has 0 spiro atoms. The third kappa shape index (κ3) is 5.90. The highest BCUT2D eigenvalue weighted by molar-refractivity contribution is 6.01. The number of allylic oxidation sites excluding steroid dienone is 4. The number of fused-ring (bicyclic) bond motifs is 5. The van der Waals surface area contributed by atoms with Crippen LogP contribution in [-0.4, -0.2) is 60.5 Å². The molecule has 8 atom stereocenters. The summed E-state index contributed by atoms with van der Waals surface area (Å²) < 4.78 is 21.8. The number of ketones is 2. The van der Waals surface area contributed by atoms with Gasteiger partial charge in [0, 0.05) is 16.7 Å². The van der Waals surface area contributed by atoms with Crippen LogP contribution in [0, 0.1) is 34.5 Å². The molecule has 9 nitrogen and oxygen atoms in total. The van der Waals surface area contributed by atoms with E-state index in [0.29, 0.717) is 12.8 Å². The van der Waals surface area contributed by atoms with Gasteiger partial charge < -0.3 is 24.1 Å². The van der Waals surface area contributed by atoms with Crippen LogP contribution < -0.4 is 0 Å². The van der Waals surface area contributed by atoms with Crippen molar-refractivity contribution in [2.24, 2.45) is 34.5 Å². The maximum Gasteiger partial charge on any atom is 0.509 e. The fourth-order valence-electron chi connectivity index (χ4n) is 8.54. The molecule has 0 bridgehead atoms. The van der Waals surface area contributed by atoms with Gasteiger partial charge in [0.15, 0.2) is 18.0 Å². The summed E-state index contributed by atoms with van der Waals surface area (Å²) >= 11 is 0. The van der Waals surface area contributed by atoms with Gasteiger partial charge in [-0.25, -0.2) is 9.59 Å². The topological polar surface area (TPSA) is 125 Å². The molecule has 4 rings (SSSR count). The molecule has 3 saturated carbocycles. The van der Waals surface area contributed by atoms with Crippen LogP contribution in [0.4, 0.5) is 9.59 Å².